The molecule has 3 amide bonds. The van der Waals surface area contributed by atoms with Gasteiger partial charge in [0.2, 0.25) is 0 Å². The summed E-state index contributed by atoms with van der Waals surface area (Å²) in [5.74, 6) is -1.23. The molecule has 2 bridgehead atoms. The molecule has 0 aromatic rings. The zero-order chi connectivity index (χ0) is 23.9. The normalized spacial score (nSPS) is 21.1. The van der Waals surface area contributed by atoms with Crippen LogP contribution in [0.25, 0.3) is 0 Å². The van der Waals surface area contributed by atoms with Gasteiger partial charge in [-0.3, -0.25) is 14.4 Å². The molecule has 2 saturated heterocycles. The number of urea groups is 1. The molecule has 2 heterocycles. The number of amides is 3. The van der Waals surface area contributed by atoms with Gasteiger partial charge < -0.3 is 20.1 Å². The minimum Gasteiger partial charge on any atom is -0.463 e. The fourth-order valence-corrected chi connectivity index (χ4v) is 3.93. The lowest BCUT2D eigenvalue weighted by Gasteiger charge is -2.28. The van der Waals surface area contributed by atoms with Gasteiger partial charge in [0.25, 0.3) is 5.91 Å². The van der Waals surface area contributed by atoms with Crippen molar-refractivity contribution in [3.8, 4) is 0 Å². The third-order valence-electron chi connectivity index (χ3n) is 4.83. The van der Waals surface area contributed by atoms with E-state index in [1.54, 1.807) is 0 Å². The number of nitrogens with zero attached hydrogens (tertiary/aromatic N) is 2. The molecule has 0 radical (unpaired) electrons. The van der Waals surface area contributed by atoms with Crippen LogP contribution >= 0.6 is 0 Å². The van der Waals surface area contributed by atoms with E-state index in [0.29, 0.717) is 11.5 Å². The van der Waals surface area contributed by atoms with Gasteiger partial charge in [-0.05, 0) is 26.7 Å². The number of hydroxylamine groups is 3. The molecule has 0 unspecified atom stereocenters. The first kappa shape index (κ1) is 26.2. The van der Waals surface area contributed by atoms with Crippen LogP contribution in [0.4, 0.5) is 4.79 Å². The highest BCUT2D eigenvalue weighted by Gasteiger charge is 2.49. The van der Waals surface area contributed by atoms with Gasteiger partial charge in [-0.2, -0.15) is 13.5 Å². The number of hydrogen-bond donors (Lipinski definition) is 2. The minimum atomic E-state index is -4.68. The summed E-state index contributed by atoms with van der Waals surface area (Å²) in [5, 5.41) is 0.674. The summed E-state index contributed by atoms with van der Waals surface area (Å²) in [5.41, 5.74) is 6.20. The first-order valence-corrected chi connectivity index (χ1v) is 11.3. The number of nitrogens with one attached hydrogen (secondary N) is 1. The summed E-state index contributed by atoms with van der Waals surface area (Å²) in [7, 11) is -3.23. The Bertz CT molecular complexity index is 790. The lowest BCUT2D eigenvalue weighted by molar-refractivity contribution is -0.157. The van der Waals surface area contributed by atoms with Crippen LogP contribution in [0, 0.1) is 5.41 Å². The maximum atomic E-state index is 12.6. The Morgan fingerprint density at radius 3 is 2.59 bits per heavy atom. The van der Waals surface area contributed by atoms with Crippen molar-refractivity contribution in [2.75, 3.05) is 46.6 Å². The lowest BCUT2D eigenvalue weighted by Crippen LogP contribution is -2.50. The first-order valence-electron chi connectivity index (χ1n) is 9.99. The van der Waals surface area contributed by atoms with Crippen molar-refractivity contribution >= 4 is 28.3 Å². The molecule has 184 valence electrons. The molecule has 32 heavy (non-hydrogen) atoms. The Morgan fingerprint density at radius 2 is 1.94 bits per heavy atom. The van der Waals surface area contributed by atoms with Crippen LogP contribution in [-0.2, 0) is 42.8 Å². The lowest BCUT2D eigenvalue weighted by atomic mass is 9.95. The number of ether oxygens (including phenoxy) is 2. The third-order valence-corrected chi connectivity index (χ3v) is 5.58. The van der Waals surface area contributed by atoms with Crippen molar-refractivity contribution in [1.82, 2.24) is 15.4 Å². The summed E-state index contributed by atoms with van der Waals surface area (Å²) < 4.78 is 44.0. The zero-order valence-electron chi connectivity index (χ0n) is 18.3. The summed E-state index contributed by atoms with van der Waals surface area (Å²) in [6.07, 6.45) is 0.611. The second kappa shape index (κ2) is 11.2. The van der Waals surface area contributed by atoms with Gasteiger partial charge >= 0.3 is 22.4 Å². The van der Waals surface area contributed by atoms with Crippen molar-refractivity contribution in [1.29, 1.82) is 0 Å². The molecule has 15 heteroatoms. The zero-order valence-corrected chi connectivity index (χ0v) is 19.1. The monoisotopic (exact) mass is 482 g/mol. The molecule has 3 N–H and O–H groups in total. The van der Waals surface area contributed by atoms with Crippen molar-refractivity contribution in [2.45, 2.75) is 38.8 Å². The average molecular weight is 483 g/mol. The Morgan fingerprint density at radius 1 is 1.22 bits per heavy atom. The second-order valence-corrected chi connectivity index (χ2v) is 9.07. The number of esters is 1. The van der Waals surface area contributed by atoms with Crippen LogP contribution in [-0.4, -0.2) is 95.0 Å². The third kappa shape index (κ3) is 6.73. The Balaban J connectivity index is 1.92. The number of rotatable bonds is 13. The van der Waals surface area contributed by atoms with Gasteiger partial charge in [-0.25, -0.2) is 14.5 Å². The SMILES string of the molecule is COCCOC(=O)C(C)(C)COS(=O)(=O)ON1C(=O)N2C[C@H]1CC[C@H]2C(=O)NOCCN. The fourth-order valence-electron chi connectivity index (χ4n) is 3.06. The van der Waals surface area contributed by atoms with Gasteiger partial charge in [-0.1, -0.05) is 0 Å². The molecule has 0 aromatic heterocycles. The molecule has 2 atom stereocenters. The topological polar surface area (TPSA) is 176 Å². The molecule has 0 aliphatic carbocycles. The van der Waals surface area contributed by atoms with E-state index in [1.807, 2.05) is 0 Å². The van der Waals surface area contributed by atoms with Crippen molar-refractivity contribution in [3.63, 3.8) is 0 Å². The predicted molar refractivity (Wildman–Crippen MR) is 106 cm³/mol. The molecule has 0 saturated carbocycles. The summed E-state index contributed by atoms with van der Waals surface area (Å²) in [6, 6.07) is -2.21. The van der Waals surface area contributed by atoms with Crippen LogP contribution in [0.15, 0.2) is 0 Å². The van der Waals surface area contributed by atoms with E-state index in [4.69, 9.17) is 28.5 Å². The minimum absolute atomic E-state index is 0.00775. The largest absolute Gasteiger partial charge is 0.463 e. The first-order chi connectivity index (χ1) is 15.0. The maximum Gasteiger partial charge on any atom is 0.421 e. The summed E-state index contributed by atoms with van der Waals surface area (Å²) in [6.45, 7) is 2.92. The standard InChI is InChI=1S/C17H30N4O10S/c1-17(2,15(23)28-9-8-27-3)11-30-32(25,26)31-21-12-4-5-13(20(10-12)16(21)24)14(22)19-29-7-6-18/h12-13H,4-11,18H2,1-3H3,(H,19,22)/t12-,13+/m1/s1. The van der Waals surface area contributed by atoms with Gasteiger partial charge in [0.05, 0.1) is 31.3 Å². The van der Waals surface area contributed by atoms with Gasteiger partial charge in [0, 0.05) is 20.2 Å². The smallest absolute Gasteiger partial charge is 0.421 e. The number of methoxy groups -OCH3 is 1. The van der Waals surface area contributed by atoms with Crippen LogP contribution in [0.1, 0.15) is 26.7 Å². The van der Waals surface area contributed by atoms with Crippen LogP contribution in [0.3, 0.4) is 0 Å². The van der Waals surface area contributed by atoms with E-state index in [1.165, 1.54) is 25.9 Å². The Kier molecular flexibility index (Phi) is 9.18. The van der Waals surface area contributed by atoms with E-state index < -0.39 is 52.4 Å². The van der Waals surface area contributed by atoms with E-state index in [9.17, 15) is 22.8 Å². The highest BCUT2D eigenvalue weighted by molar-refractivity contribution is 7.81. The van der Waals surface area contributed by atoms with Crippen molar-refractivity contribution in [3.05, 3.63) is 0 Å². The molecule has 2 rings (SSSR count). The Labute approximate surface area is 186 Å². The van der Waals surface area contributed by atoms with Crippen LogP contribution in [0.5, 0.6) is 0 Å². The van der Waals surface area contributed by atoms with Crippen LogP contribution < -0.4 is 11.2 Å². The van der Waals surface area contributed by atoms with Gasteiger partial charge in [0.1, 0.15) is 12.6 Å². The molecule has 14 nitrogen and oxygen atoms in total. The number of carbonyl (C=O) groups is 3. The Hall–Kier alpha value is -2.04. The average Bonchev–Trinajstić information content (AvgIpc) is 2.97. The maximum absolute atomic E-state index is 12.6. The summed E-state index contributed by atoms with van der Waals surface area (Å²) >= 11 is 0. The number of piperidine rings is 1. The van der Waals surface area contributed by atoms with Crippen LogP contribution in [0.2, 0.25) is 0 Å². The molecule has 2 aliphatic rings. The van der Waals surface area contributed by atoms with E-state index in [-0.39, 0.29) is 39.3 Å². The molecular formula is C17H30N4O10S. The summed E-state index contributed by atoms with van der Waals surface area (Å²) in [4.78, 5) is 43.1. The molecule has 0 spiro atoms. The highest BCUT2D eigenvalue weighted by Crippen LogP contribution is 2.31. The molecule has 2 fully saturated rings. The molecule has 2 aliphatic heterocycles. The van der Waals surface area contributed by atoms with Gasteiger partial charge in [-0.15, -0.1) is 4.28 Å². The number of fused-ring (bicyclic) bond motifs is 2. The predicted octanol–water partition coefficient (Wildman–Crippen LogP) is -1.33. The quantitative estimate of drug-likeness (QED) is 0.181. The molecule has 0 aromatic carbocycles. The van der Waals surface area contributed by atoms with E-state index >= 15 is 0 Å². The number of nitrogens with two attached hydrogens (primary N) is 1. The van der Waals surface area contributed by atoms with Gasteiger partial charge in [0.15, 0.2) is 0 Å². The second-order valence-electron chi connectivity index (χ2n) is 7.87. The number of carbonyl (C=O) groups excluding carboxylic acids is 3. The van der Waals surface area contributed by atoms with Crippen molar-refractivity contribution in [2.24, 2.45) is 11.1 Å². The van der Waals surface area contributed by atoms with Crippen molar-refractivity contribution < 1.29 is 45.6 Å². The highest BCUT2D eigenvalue weighted by atomic mass is 32.3. The fraction of sp³-hybridized carbons (Fsp3) is 0.824. The molecular weight excluding hydrogens is 452 g/mol. The van der Waals surface area contributed by atoms with E-state index in [0.717, 1.165) is 0 Å². The number of hydrogen-bond acceptors (Lipinski definition) is 11. The van der Waals surface area contributed by atoms with E-state index in [2.05, 4.69) is 5.48 Å².